The second-order valence-corrected chi connectivity index (χ2v) is 5.05. The molecule has 1 amide bonds. The van der Waals surface area contributed by atoms with Crippen molar-refractivity contribution in [3.05, 3.63) is 29.6 Å². The van der Waals surface area contributed by atoms with Gasteiger partial charge in [0.25, 0.3) is 0 Å². The van der Waals surface area contributed by atoms with E-state index < -0.39 is 0 Å². The predicted octanol–water partition coefficient (Wildman–Crippen LogP) is 0.675. The Hall–Kier alpha value is -1.17. The molecule has 1 aromatic rings. The Morgan fingerprint density at radius 2 is 2.15 bits per heavy atom. The van der Waals surface area contributed by atoms with E-state index in [1.165, 1.54) is 5.56 Å². The SMILES string of the molecule is Cc1ncccc1CN(C)CC(=O)N1CCNCC1.Cl. The van der Waals surface area contributed by atoms with E-state index in [1.54, 1.807) is 6.20 Å². The van der Waals surface area contributed by atoms with Crippen LogP contribution in [0.4, 0.5) is 0 Å². The zero-order valence-corrected chi connectivity index (χ0v) is 12.9. The summed E-state index contributed by atoms with van der Waals surface area (Å²) < 4.78 is 0. The van der Waals surface area contributed by atoms with Crippen molar-refractivity contribution in [2.75, 3.05) is 39.8 Å². The Morgan fingerprint density at radius 3 is 2.80 bits per heavy atom. The Morgan fingerprint density at radius 1 is 1.45 bits per heavy atom. The topological polar surface area (TPSA) is 48.5 Å². The molecule has 20 heavy (non-hydrogen) atoms. The van der Waals surface area contributed by atoms with Gasteiger partial charge < -0.3 is 10.2 Å². The molecule has 0 spiro atoms. The minimum absolute atomic E-state index is 0. The number of rotatable bonds is 4. The Kier molecular flexibility index (Phi) is 6.91. The van der Waals surface area contributed by atoms with Crippen molar-refractivity contribution < 1.29 is 4.79 Å². The van der Waals surface area contributed by atoms with Gasteiger partial charge in [-0.05, 0) is 25.6 Å². The van der Waals surface area contributed by atoms with Gasteiger partial charge in [0.15, 0.2) is 0 Å². The van der Waals surface area contributed by atoms with Gasteiger partial charge >= 0.3 is 0 Å². The van der Waals surface area contributed by atoms with E-state index in [4.69, 9.17) is 0 Å². The van der Waals surface area contributed by atoms with Crippen LogP contribution in [0.25, 0.3) is 0 Å². The smallest absolute Gasteiger partial charge is 0.236 e. The third-order valence-electron chi connectivity index (χ3n) is 3.43. The maximum Gasteiger partial charge on any atom is 0.236 e. The van der Waals surface area contributed by atoms with E-state index in [-0.39, 0.29) is 18.3 Å². The quantitative estimate of drug-likeness (QED) is 0.888. The molecule has 1 aromatic heterocycles. The van der Waals surface area contributed by atoms with Gasteiger partial charge in [-0.1, -0.05) is 6.07 Å². The molecule has 0 aliphatic carbocycles. The molecule has 0 saturated carbocycles. The molecule has 2 rings (SSSR count). The first-order valence-electron chi connectivity index (χ1n) is 6.74. The van der Waals surface area contributed by atoms with Crippen molar-refractivity contribution in [3.8, 4) is 0 Å². The summed E-state index contributed by atoms with van der Waals surface area (Å²) in [6, 6.07) is 4.00. The van der Waals surface area contributed by atoms with Gasteiger partial charge in [0.1, 0.15) is 0 Å². The molecule has 2 heterocycles. The maximum atomic E-state index is 12.1. The van der Waals surface area contributed by atoms with Crippen molar-refractivity contribution in [3.63, 3.8) is 0 Å². The Bertz CT molecular complexity index is 435. The third-order valence-corrected chi connectivity index (χ3v) is 3.43. The van der Waals surface area contributed by atoms with Crippen LogP contribution in [-0.4, -0.2) is 60.5 Å². The molecule has 1 aliphatic heterocycles. The monoisotopic (exact) mass is 298 g/mol. The molecular formula is C14H23ClN4O. The number of halogens is 1. The van der Waals surface area contributed by atoms with Gasteiger partial charge in [0, 0.05) is 44.6 Å². The number of piperazine rings is 1. The van der Waals surface area contributed by atoms with Crippen LogP contribution in [0.2, 0.25) is 0 Å². The normalized spacial score (nSPS) is 15.1. The van der Waals surface area contributed by atoms with Gasteiger partial charge in [0.2, 0.25) is 5.91 Å². The molecule has 5 nitrogen and oxygen atoms in total. The summed E-state index contributed by atoms with van der Waals surface area (Å²) in [4.78, 5) is 20.4. The number of pyridine rings is 1. The van der Waals surface area contributed by atoms with Crippen molar-refractivity contribution in [1.82, 2.24) is 20.1 Å². The van der Waals surface area contributed by atoms with E-state index in [1.807, 2.05) is 29.8 Å². The number of hydrogen-bond acceptors (Lipinski definition) is 4. The molecule has 1 fully saturated rings. The first-order chi connectivity index (χ1) is 9.16. The molecule has 1 saturated heterocycles. The second-order valence-electron chi connectivity index (χ2n) is 5.05. The number of likely N-dealkylation sites (N-methyl/N-ethyl adjacent to an activating group) is 1. The summed E-state index contributed by atoms with van der Waals surface area (Å²) in [5, 5.41) is 3.25. The molecule has 6 heteroatoms. The lowest BCUT2D eigenvalue weighted by Crippen LogP contribution is -2.49. The summed E-state index contributed by atoms with van der Waals surface area (Å²) in [7, 11) is 1.98. The molecule has 0 atom stereocenters. The van der Waals surface area contributed by atoms with Gasteiger partial charge in [-0.25, -0.2) is 0 Å². The van der Waals surface area contributed by atoms with E-state index in [0.717, 1.165) is 38.4 Å². The molecule has 0 bridgehead atoms. The van der Waals surface area contributed by atoms with E-state index in [9.17, 15) is 4.79 Å². The number of nitrogens with zero attached hydrogens (tertiary/aromatic N) is 3. The van der Waals surface area contributed by atoms with Crippen molar-refractivity contribution in [2.45, 2.75) is 13.5 Å². The number of aromatic nitrogens is 1. The fourth-order valence-corrected chi connectivity index (χ4v) is 2.28. The van der Waals surface area contributed by atoms with E-state index in [0.29, 0.717) is 6.54 Å². The Labute approximate surface area is 126 Å². The summed E-state index contributed by atoms with van der Waals surface area (Å²) in [6.07, 6.45) is 1.80. The van der Waals surface area contributed by atoms with Crippen LogP contribution in [0, 0.1) is 6.92 Å². The lowest BCUT2D eigenvalue weighted by molar-refractivity contribution is -0.132. The van der Waals surface area contributed by atoms with Crippen LogP contribution in [0.5, 0.6) is 0 Å². The van der Waals surface area contributed by atoms with Gasteiger partial charge in [-0.2, -0.15) is 0 Å². The second kappa shape index (κ2) is 8.19. The number of nitrogens with one attached hydrogen (secondary N) is 1. The van der Waals surface area contributed by atoms with Gasteiger partial charge in [-0.15, -0.1) is 12.4 Å². The number of aryl methyl sites for hydroxylation is 1. The number of amides is 1. The molecule has 1 aliphatic rings. The van der Waals surface area contributed by atoms with Crippen LogP contribution >= 0.6 is 12.4 Å². The molecule has 0 aromatic carbocycles. The first kappa shape index (κ1) is 16.9. The standard InChI is InChI=1S/C14H22N4O.ClH/c1-12-13(4-3-5-16-12)10-17(2)11-14(19)18-8-6-15-7-9-18;/h3-5,15H,6-11H2,1-2H3;1H. The molecular weight excluding hydrogens is 276 g/mol. The summed E-state index contributed by atoms with van der Waals surface area (Å²) in [5.41, 5.74) is 2.21. The number of carbonyl (C=O) groups is 1. The maximum absolute atomic E-state index is 12.1. The minimum Gasteiger partial charge on any atom is -0.339 e. The van der Waals surface area contributed by atoms with Crippen molar-refractivity contribution >= 4 is 18.3 Å². The van der Waals surface area contributed by atoms with E-state index in [2.05, 4.69) is 16.4 Å². The van der Waals surface area contributed by atoms with Crippen molar-refractivity contribution in [2.24, 2.45) is 0 Å². The van der Waals surface area contributed by atoms with Gasteiger partial charge in [0.05, 0.1) is 6.54 Å². The minimum atomic E-state index is 0. The zero-order valence-electron chi connectivity index (χ0n) is 12.1. The lowest BCUT2D eigenvalue weighted by Gasteiger charge is -2.29. The van der Waals surface area contributed by atoms with Crippen LogP contribution in [0.15, 0.2) is 18.3 Å². The highest BCUT2D eigenvalue weighted by molar-refractivity contribution is 5.85. The van der Waals surface area contributed by atoms with Crippen LogP contribution < -0.4 is 5.32 Å². The van der Waals surface area contributed by atoms with Gasteiger partial charge in [-0.3, -0.25) is 14.7 Å². The number of hydrogen-bond donors (Lipinski definition) is 1. The highest BCUT2D eigenvalue weighted by Crippen LogP contribution is 2.07. The Balaban J connectivity index is 0.00000200. The molecule has 0 unspecified atom stereocenters. The van der Waals surface area contributed by atoms with Crippen LogP contribution in [0.1, 0.15) is 11.3 Å². The lowest BCUT2D eigenvalue weighted by atomic mass is 10.2. The fraction of sp³-hybridized carbons (Fsp3) is 0.571. The summed E-state index contributed by atoms with van der Waals surface area (Å²) in [6.45, 7) is 6.67. The van der Waals surface area contributed by atoms with Crippen molar-refractivity contribution in [1.29, 1.82) is 0 Å². The predicted molar refractivity (Wildman–Crippen MR) is 82.0 cm³/mol. The number of carbonyl (C=O) groups excluding carboxylic acids is 1. The van der Waals surface area contributed by atoms with Crippen LogP contribution in [-0.2, 0) is 11.3 Å². The molecule has 112 valence electrons. The highest BCUT2D eigenvalue weighted by atomic mass is 35.5. The summed E-state index contributed by atoms with van der Waals surface area (Å²) >= 11 is 0. The largest absolute Gasteiger partial charge is 0.339 e. The average molecular weight is 299 g/mol. The molecule has 1 N–H and O–H groups in total. The molecule has 0 radical (unpaired) electrons. The highest BCUT2D eigenvalue weighted by Gasteiger charge is 2.17. The van der Waals surface area contributed by atoms with Crippen LogP contribution in [0.3, 0.4) is 0 Å². The summed E-state index contributed by atoms with van der Waals surface area (Å²) in [5.74, 6) is 0.213. The fourth-order valence-electron chi connectivity index (χ4n) is 2.28. The first-order valence-corrected chi connectivity index (χ1v) is 6.74. The average Bonchev–Trinajstić information content (AvgIpc) is 2.42. The third kappa shape index (κ3) is 4.74. The van der Waals surface area contributed by atoms with E-state index >= 15 is 0 Å². The zero-order chi connectivity index (χ0) is 13.7.